The molecule has 1 heterocycles. The van der Waals surface area contributed by atoms with E-state index in [4.69, 9.17) is 5.73 Å². The standard InChI is InChI=1S/C13H16BrF3N2/c1-8-4-9(6-18)7-19(8)12-3-2-10(14)5-11(12)13(15,16)17/h2-3,5,8-9H,4,6-7,18H2,1H3. The van der Waals surface area contributed by atoms with Crippen molar-refractivity contribution < 1.29 is 13.2 Å². The van der Waals surface area contributed by atoms with Crippen molar-refractivity contribution in [3.63, 3.8) is 0 Å². The van der Waals surface area contributed by atoms with Crippen molar-refractivity contribution in [1.29, 1.82) is 0 Å². The van der Waals surface area contributed by atoms with E-state index in [-0.39, 0.29) is 17.6 Å². The number of anilines is 1. The Kier molecular flexibility index (Phi) is 4.11. The van der Waals surface area contributed by atoms with Crippen molar-refractivity contribution in [3.05, 3.63) is 28.2 Å². The zero-order valence-electron chi connectivity index (χ0n) is 10.5. The summed E-state index contributed by atoms with van der Waals surface area (Å²) in [4.78, 5) is 1.81. The third-order valence-electron chi connectivity index (χ3n) is 3.57. The minimum atomic E-state index is -4.35. The number of halogens is 4. The number of alkyl halides is 3. The molecule has 1 aliphatic heterocycles. The average Bonchev–Trinajstić information content (AvgIpc) is 2.69. The first-order valence-electron chi connectivity index (χ1n) is 6.16. The molecule has 2 N–H and O–H groups in total. The summed E-state index contributed by atoms with van der Waals surface area (Å²) in [6.07, 6.45) is -3.51. The lowest BCUT2D eigenvalue weighted by Gasteiger charge is -2.27. The van der Waals surface area contributed by atoms with E-state index >= 15 is 0 Å². The van der Waals surface area contributed by atoms with Gasteiger partial charge >= 0.3 is 6.18 Å². The van der Waals surface area contributed by atoms with E-state index in [1.165, 1.54) is 6.07 Å². The Hall–Kier alpha value is -0.750. The maximum absolute atomic E-state index is 13.1. The fourth-order valence-electron chi connectivity index (χ4n) is 2.63. The van der Waals surface area contributed by atoms with Gasteiger partial charge < -0.3 is 10.6 Å². The van der Waals surface area contributed by atoms with Gasteiger partial charge in [-0.25, -0.2) is 0 Å². The molecule has 1 aromatic rings. The number of hydrogen-bond donors (Lipinski definition) is 1. The molecule has 2 nitrogen and oxygen atoms in total. The fraction of sp³-hybridized carbons (Fsp3) is 0.538. The van der Waals surface area contributed by atoms with Crippen LogP contribution in [0, 0.1) is 5.92 Å². The predicted molar refractivity (Wildman–Crippen MR) is 73.1 cm³/mol. The van der Waals surface area contributed by atoms with E-state index < -0.39 is 11.7 Å². The highest BCUT2D eigenvalue weighted by atomic mass is 79.9. The Labute approximate surface area is 118 Å². The second-order valence-electron chi connectivity index (χ2n) is 5.00. The summed E-state index contributed by atoms with van der Waals surface area (Å²) in [6.45, 7) is 3.04. The Morgan fingerprint density at radius 2 is 2.11 bits per heavy atom. The molecule has 0 spiro atoms. The lowest BCUT2D eigenvalue weighted by atomic mass is 10.1. The normalized spacial score (nSPS) is 24.0. The van der Waals surface area contributed by atoms with Crippen LogP contribution in [0.3, 0.4) is 0 Å². The summed E-state index contributed by atoms with van der Waals surface area (Å²) in [5, 5.41) is 0. The van der Waals surface area contributed by atoms with Crippen LogP contribution in [0.5, 0.6) is 0 Å². The van der Waals surface area contributed by atoms with E-state index in [1.54, 1.807) is 6.07 Å². The molecule has 1 saturated heterocycles. The van der Waals surface area contributed by atoms with Crippen LogP contribution in [0.15, 0.2) is 22.7 Å². The molecular formula is C13H16BrF3N2. The quantitative estimate of drug-likeness (QED) is 0.893. The van der Waals surface area contributed by atoms with Gasteiger partial charge in [-0.2, -0.15) is 13.2 Å². The molecule has 0 saturated carbocycles. The third kappa shape index (κ3) is 3.05. The van der Waals surface area contributed by atoms with Crippen molar-refractivity contribution in [3.8, 4) is 0 Å². The first-order chi connectivity index (χ1) is 8.82. The molecule has 0 bridgehead atoms. The molecule has 0 aromatic heterocycles. The second-order valence-corrected chi connectivity index (χ2v) is 5.91. The highest BCUT2D eigenvalue weighted by Crippen LogP contribution is 2.41. The van der Waals surface area contributed by atoms with Gasteiger partial charge in [-0.3, -0.25) is 0 Å². The summed E-state index contributed by atoms with van der Waals surface area (Å²) < 4.78 is 39.8. The van der Waals surface area contributed by atoms with Crippen molar-refractivity contribution in [2.45, 2.75) is 25.6 Å². The topological polar surface area (TPSA) is 29.3 Å². The number of nitrogens with two attached hydrogens (primary N) is 1. The second kappa shape index (κ2) is 5.32. The Balaban J connectivity index is 2.40. The Morgan fingerprint density at radius 1 is 1.42 bits per heavy atom. The SMILES string of the molecule is CC1CC(CN)CN1c1ccc(Br)cc1C(F)(F)F. The molecule has 2 unspecified atom stereocenters. The van der Waals surface area contributed by atoms with Crippen LogP contribution >= 0.6 is 15.9 Å². The molecular weight excluding hydrogens is 321 g/mol. The first-order valence-corrected chi connectivity index (χ1v) is 6.95. The average molecular weight is 337 g/mol. The van der Waals surface area contributed by atoms with Gasteiger partial charge in [-0.05, 0) is 44.0 Å². The fourth-order valence-corrected chi connectivity index (χ4v) is 3.00. The van der Waals surface area contributed by atoms with E-state index in [9.17, 15) is 13.2 Å². The Bertz CT molecular complexity index is 462. The molecule has 2 rings (SSSR count). The molecule has 1 aromatic carbocycles. The van der Waals surface area contributed by atoms with Crippen LogP contribution in [0.1, 0.15) is 18.9 Å². The van der Waals surface area contributed by atoms with Crippen LogP contribution in [-0.2, 0) is 6.18 Å². The zero-order valence-corrected chi connectivity index (χ0v) is 12.1. The summed E-state index contributed by atoms with van der Waals surface area (Å²) in [5.74, 6) is 0.264. The molecule has 1 fully saturated rings. The minimum absolute atomic E-state index is 0.0795. The number of benzene rings is 1. The van der Waals surface area contributed by atoms with Crippen molar-refractivity contribution in [2.24, 2.45) is 11.7 Å². The summed E-state index contributed by atoms with van der Waals surface area (Å²) in [6, 6.07) is 4.39. The maximum atomic E-state index is 13.1. The smallest absolute Gasteiger partial charge is 0.368 e. The number of nitrogens with zero attached hydrogens (tertiary/aromatic N) is 1. The number of rotatable bonds is 2. The van der Waals surface area contributed by atoms with Gasteiger partial charge in [0.05, 0.1) is 5.56 Å². The van der Waals surface area contributed by atoms with Gasteiger partial charge in [0.2, 0.25) is 0 Å². The van der Waals surface area contributed by atoms with Gasteiger partial charge in [-0.1, -0.05) is 15.9 Å². The van der Waals surface area contributed by atoms with Gasteiger partial charge in [0, 0.05) is 22.7 Å². The molecule has 1 aliphatic rings. The van der Waals surface area contributed by atoms with Gasteiger partial charge in [-0.15, -0.1) is 0 Å². The molecule has 2 atom stereocenters. The van der Waals surface area contributed by atoms with E-state index in [2.05, 4.69) is 15.9 Å². The van der Waals surface area contributed by atoms with Crippen LogP contribution in [-0.4, -0.2) is 19.1 Å². The van der Waals surface area contributed by atoms with Crippen LogP contribution in [0.25, 0.3) is 0 Å². The lowest BCUT2D eigenvalue weighted by Crippen LogP contribution is -2.29. The lowest BCUT2D eigenvalue weighted by molar-refractivity contribution is -0.137. The summed E-state index contributed by atoms with van der Waals surface area (Å²) in [7, 11) is 0. The van der Waals surface area contributed by atoms with E-state index in [0.29, 0.717) is 17.6 Å². The zero-order chi connectivity index (χ0) is 14.2. The van der Waals surface area contributed by atoms with Crippen molar-refractivity contribution in [2.75, 3.05) is 18.0 Å². The number of hydrogen-bond acceptors (Lipinski definition) is 2. The van der Waals surface area contributed by atoms with Crippen molar-refractivity contribution in [1.82, 2.24) is 0 Å². The molecule has 0 radical (unpaired) electrons. The van der Waals surface area contributed by atoms with E-state index in [1.807, 2.05) is 11.8 Å². The molecule has 106 valence electrons. The van der Waals surface area contributed by atoms with Gasteiger partial charge in [0.25, 0.3) is 0 Å². The maximum Gasteiger partial charge on any atom is 0.418 e. The molecule has 6 heteroatoms. The van der Waals surface area contributed by atoms with Gasteiger partial charge in [0.1, 0.15) is 0 Å². The van der Waals surface area contributed by atoms with Crippen LogP contribution < -0.4 is 10.6 Å². The minimum Gasteiger partial charge on any atom is -0.368 e. The predicted octanol–water partition coefficient (Wildman–Crippen LogP) is 3.64. The van der Waals surface area contributed by atoms with Gasteiger partial charge in [0.15, 0.2) is 0 Å². The van der Waals surface area contributed by atoms with Crippen LogP contribution in [0.4, 0.5) is 18.9 Å². The highest BCUT2D eigenvalue weighted by molar-refractivity contribution is 9.10. The molecule has 19 heavy (non-hydrogen) atoms. The Morgan fingerprint density at radius 3 is 2.63 bits per heavy atom. The van der Waals surface area contributed by atoms with Crippen LogP contribution in [0.2, 0.25) is 0 Å². The summed E-state index contributed by atoms with van der Waals surface area (Å²) in [5.41, 5.74) is 5.29. The molecule has 0 amide bonds. The summed E-state index contributed by atoms with van der Waals surface area (Å²) >= 11 is 3.10. The third-order valence-corrected chi connectivity index (χ3v) is 4.06. The monoisotopic (exact) mass is 336 g/mol. The molecule has 0 aliphatic carbocycles. The van der Waals surface area contributed by atoms with E-state index in [0.717, 1.165) is 12.5 Å². The van der Waals surface area contributed by atoms with Crippen molar-refractivity contribution >= 4 is 21.6 Å². The highest BCUT2D eigenvalue weighted by Gasteiger charge is 2.38. The largest absolute Gasteiger partial charge is 0.418 e. The first kappa shape index (κ1) is 14.7.